The summed E-state index contributed by atoms with van der Waals surface area (Å²) in [5.41, 5.74) is 8.47. The van der Waals surface area contributed by atoms with Gasteiger partial charge < -0.3 is 11.1 Å². The quantitative estimate of drug-likeness (QED) is 0.894. The Bertz CT molecular complexity index is 663. The van der Waals surface area contributed by atoms with Crippen molar-refractivity contribution in [1.82, 2.24) is 4.98 Å². The number of carbonyl (C=O) groups is 2. The molecule has 0 saturated heterocycles. The lowest BCUT2D eigenvalue weighted by atomic mass is 10.1. The van der Waals surface area contributed by atoms with Crippen molar-refractivity contribution in [2.24, 2.45) is 5.73 Å². The van der Waals surface area contributed by atoms with Gasteiger partial charge in [-0.15, -0.1) is 0 Å². The monoisotopic (exact) mass is 269 g/mol. The Hall–Kier alpha value is -2.69. The average Bonchev–Trinajstić information content (AvgIpc) is 2.42. The van der Waals surface area contributed by atoms with Gasteiger partial charge in [-0.05, 0) is 37.6 Å². The van der Waals surface area contributed by atoms with E-state index in [0.29, 0.717) is 5.56 Å². The molecule has 5 heteroatoms. The van der Waals surface area contributed by atoms with Crippen LogP contribution in [0.5, 0.6) is 0 Å². The van der Waals surface area contributed by atoms with Crippen LogP contribution in [0, 0.1) is 13.8 Å². The molecular formula is C15H15N3O2. The van der Waals surface area contributed by atoms with Gasteiger partial charge in [-0.2, -0.15) is 0 Å². The molecular weight excluding hydrogens is 254 g/mol. The lowest BCUT2D eigenvalue weighted by Crippen LogP contribution is -2.16. The molecule has 20 heavy (non-hydrogen) atoms. The predicted octanol–water partition coefficient (Wildman–Crippen LogP) is 2.05. The van der Waals surface area contributed by atoms with E-state index in [1.165, 1.54) is 18.3 Å². The number of aromatic nitrogens is 1. The van der Waals surface area contributed by atoms with Crippen molar-refractivity contribution < 1.29 is 9.59 Å². The third-order valence-electron chi connectivity index (χ3n) is 2.91. The maximum Gasteiger partial charge on any atom is 0.267 e. The number of nitrogens with one attached hydrogen (secondary N) is 1. The molecule has 0 aliphatic rings. The largest absolute Gasteiger partial charge is 0.364 e. The van der Waals surface area contributed by atoms with Gasteiger partial charge in [-0.1, -0.05) is 17.7 Å². The minimum absolute atomic E-state index is 0.132. The van der Waals surface area contributed by atoms with Gasteiger partial charge in [0.15, 0.2) is 0 Å². The fourth-order valence-electron chi connectivity index (χ4n) is 1.82. The SMILES string of the molecule is Cc1ccc(NC(=O)c2ccc(C(N)=O)nc2)c(C)c1. The Morgan fingerprint density at radius 2 is 1.90 bits per heavy atom. The topological polar surface area (TPSA) is 85.1 Å². The zero-order valence-corrected chi connectivity index (χ0v) is 11.3. The summed E-state index contributed by atoms with van der Waals surface area (Å²) in [5.74, 6) is -0.896. The smallest absolute Gasteiger partial charge is 0.267 e. The van der Waals surface area contributed by atoms with E-state index in [-0.39, 0.29) is 11.6 Å². The molecule has 0 spiro atoms. The van der Waals surface area contributed by atoms with Crippen LogP contribution < -0.4 is 11.1 Å². The molecule has 5 nitrogen and oxygen atoms in total. The molecule has 0 unspecified atom stereocenters. The second-order valence-corrected chi connectivity index (χ2v) is 4.57. The Kier molecular flexibility index (Phi) is 3.79. The molecule has 0 saturated carbocycles. The summed E-state index contributed by atoms with van der Waals surface area (Å²) in [6.07, 6.45) is 1.33. The van der Waals surface area contributed by atoms with Crippen molar-refractivity contribution in [1.29, 1.82) is 0 Å². The van der Waals surface area contributed by atoms with Gasteiger partial charge in [0.25, 0.3) is 11.8 Å². The first-order valence-electron chi connectivity index (χ1n) is 6.12. The summed E-state index contributed by atoms with van der Waals surface area (Å²) in [6, 6.07) is 8.72. The summed E-state index contributed by atoms with van der Waals surface area (Å²) in [5, 5.41) is 2.81. The molecule has 0 aliphatic carbocycles. The third kappa shape index (κ3) is 3.00. The van der Waals surface area contributed by atoms with E-state index < -0.39 is 5.91 Å². The Morgan fingerprint density at radius 1 is 1.15 bits per heavy atom. The standard InChI is InChI=1S/C15H15N3O2/c1-9-3-5-12(10(2)7-9)18-15(20)11-4-6-13(14(16)19)17-8-11/h3-8H,1-2H3,(H2,16,19)(H,18,20). The summed E-state index contributed by atoms with van der Waals surface area (Å²) < 4.78 is 0. The van der Waals surface area contributed by atoms with Crippen LogP contribution in [-0.4, -0.2) is 16.8 Å². The summed E-state index contributed by atoms with van der Waals surface area (Å²) in [6.45, 7) is 3.92. The van der Waals surface area contributed by atoms with Gasteiger partial charge in [0.1, 0.15) is 5.69 Å². The first-order chi connectivity index (χ1) is 9.47. The maximum absolute atomic E-state index is 12.1. The summed E-state index contributed by atoms with van der Waals surface area (Å²) >= 11 is 0. The van der Waals surface area contributed by atoms with Crippen molar-refractivity contribution in [3.63, 3.8) is 0 Å². The van der Waals surface area contributed by atoms with Crippen LogP contribution in [0.1, 0.15) is 32.0 Å². The van der Waals surface area contributed by atoms with Crippen molar-refractivity contribution in [2.75, 3.05) is 5.32 Å². The number of carbonyl (C=O) groups excluding carboxylic acids is 2. The van der Waals surface area contributed by atoms with E-state index in [1.807, 2.05) is 32.0 Å². The van der Waals surface area contributed by atoms with Crippen LogP contribution in [0.4, 0.5) is 5.69 Å². The molecule has 0 atom stereocenters. The second-order valence-electron chi connectivity index (χ2n) is 4.57. The second kappa shape index (κ2) is 5.52. The van der Waals surface area contributed by atoms with E-state index in [4.69, 9.17) is 5.73 Å². The zero-order valence-electron chi connectivity index (χ0n) is 11.3. The Morgan fingerprint density at radius 3 is 2.45 bits per heavy atom. The van der Waals surface area contributed by atoms with Gasteiger partial charge in [-0.25, -0.2) is 0 Å². The average molecular weight is 269 g/mol. The number of anilines is 1. The predicted molar refractivity (Wildman–Crippen MR) is 76.6 cm³/mol. The first-order valence-corrected chi connectivity index (χ1v) is 6.12. The molecule has 0 bridgehead atoms. The maximum atomic E-state index is 12.1. The fraction of sp³-hybridized carbons (Fsp3) is 0.133. The van der Waals surface area contributed by atoms with Gasteiger partial charge >= 0.3 is 0 Å². The van der Waals surface area contributed by atoms with Crippen LogP contribution in [0.25, 0.3) is 0 Å². The normalized spacial score (nSPS) is 10.1. The summed E-state index contributed by atoms with van der Waals surface area (Å²) in [4.78, 5) is 26.8. The van der Waals surface area contributed by atoms with Gasteiger partial charge in [0.2, 0.25) is 0 Å². The van der Waals surface area contributed by atoms with E-state index in [0.717, 1.165) is 16.8 Å². The Labute approximate surface area is 116 Å². The highest BCUT2D eigenvalue weighted by atomic mass is 16.2. The molecule has 1 aromatic carbocycles. The summed E-state index contributed by atoms with van der Waals surface area (Å²) in [7, 11) is 0. The molecule has 2 rings (SSSR count). The number of amides is 2. The van der Waals surface area contributed by atoms with Crippen molar-refractivity contribution >= 4 is 17.5 Å². The van der Waals surface area contributed by atoms with Crippen LogP contribution >= 0.6 is 0 Å². The van der Waals surface area contributed by atoms with Gasteiger partial charge in [0.05, 0.1) is 5.56 Å². The minimum Gasteiger partial charge on any atom is -0.364 e. The minimum atomic E-state index is -0.619. The zero-order chi connectivity index (χ0) is 14.7. The molecule has 1 heterocycles. The van der Waals surface area contributed by atoms with Crippen molar-refractivity contribution in [3.05, 3.63) is 58.9 Å². The van der Waals surface area contributed by atoms with Crippen molar-refractivity contribution in [3.8, 4) is 0 Å². The molecule has 0 aliphatic heterocycles. The number of primary amides is 1. The molecule has 3 N–H and O–H groups in total. The number of nitrogens with zero attached hydrogens (tertiary/aromatic N) is 1. The highest BCUT2D eigenvalue weighted by molar-refractivity contribution is 6.04. The number of hydrogen-bond donors (Lipinski definition) is 2. The fourth-order valence-corrected chi connectivity index (χ4v) is 1.82. The molecule has 0 radical (unpaired) electrons. The number of nitrogens with two attached hydrogens (primary N) is 1. The highest BCUT2D eigenvalue weighted by Crippen LogP contribution is 2.17. The lowest BCUT2D eigenvalue weighted by Gasteiger charge is -2.09. The lowest BCUT2D eigenvalue weighted by molar-refractivity contribution is 0.0990. The highest BCUT2D eigenvalue weighted by Gasteiger charge is 2.09. The number of benzene rings is 1. The molecule has 2 aromatic rings. The van der Waals surface area contributed by atoms with E-state index in [1.54, 1.807) is 0 Å². The Balaban J connectivity index is 2.17. The van der Waals surface area contributed by atoms with E-state index in [9.17, 15) is 9.59 Å². The number of aryl methyl sites for hydroxylation is 2. The van der Waals surface area contributed by atoms with Crippen LogP contribution in [0.15, 0.2) is 36.5 Å². The number of pyridine rings is 1. The molecule has 0 fully saturated rings. The van der Waals surface area contributed by atoms with Crippen LogP contribution in [0.3, 0.4) is 0 Å². The van der Waals surface area contributed by atoms with E-state index >= 15 is 0 Å². The molecule has 102 valence electrons. The first kappa shape index (κ1) is 13.7. The molecule has 1 aromatic heterocycles. The van der Waals surface area contributed by atoms with E-state index in [2.05, 4.69) is 10.3 Å². The van der Waals surface area contributed by atoms with Crippen LogP contribution in [-0.2, 0) is 0 Å². The van der Waals surface area contributed by atoms with Gasteiger partial charge in [0, 0.05) is 11.9 Å². The molecule has 2 amide bonds. The third-order valence-corrected chi connectivity index (χ3v) is 2.91. The number of hydrogen-bond acceptors (Lipinski definition) is 3. The van der Waals surface area contributed by atoms with Crippen LogP contribution in [0.2, 0.25) is 0 Å². The van der Waals surface area contributed by atoms with Crippen molar-refractivity contribution in [2.45, 2.75) is 13.8 Å². The number of rotatable bonds is 3. The van der Waals surface area contributed by atoms with Gasteiger partial charge in [-0.3, -0.25) is 14.6 Å².